The van der Waals surface area contributed by atoms with Crippen LogP contribution in [0, 0.1) is 11.3 Å². The SMILES string of the molecule is CC1(C)CCC(CN2CCN(c3ccc(C(=O)NS(=O)(=O)c4ccc(OC[C@H]5CC[C@H](O)CC5)c(Cl)c4)c(Oc4cnc5[nH]ccc5c4)c3)CC2)=C(c2ccc(Cl)cc2)C1. The number of carbonyl (C=O) groups excluding carboxylic acids is 1. The van der Waals surface area contributed by atoms with Crippen molar-refractivity contribution in [3.8, 4) is 17.2 Å². The second kappa shape index (κ2) is 17.8. The lowest BCUT2D eigenvalue weighted by Gasteiger charge is -2.39. The summed E-state index contributed by atoms with van der Waals surface area (Å²) >= 11 is 12.7. The van der Waals surface area contributed by atoms with Crippen LogP contribution in [0.2, 0.25) is 10.0 Å². The molecule has 8 rings (SSSR count). The van der Waals surface area contributed by atoms with Gasteiger partial charge < -0.3 is 24.5 Å². The van der Waals surface area contributed by atoms with E-state index in [0.717, 1.165) is 93.8 Å². The van der Waals surface area contributed by atoms with E-state index in [9.17, 15) is 18.3 Å². The molecule has 5 aromatic rings. The summed E-state index contributed by atoms with van der Waals surface area (Å²) in [4.78, 5) is 26.0. The number of halogens is 2. The van der Waals surface area contributed by atoms with E-state index < -0.39 is 15.9 Å². The largest absolute Gasteiger partial charge is 0.492 e. The van der Waals surface area contributed by atoms with Gasteiger partial charge in [0.25, 0.3) is 15.9 Å². The number of amides is 1. The molecule has 0 spiro atoms. The minimum Gasteiger partial charge on any atom is -0.492 e. The highest BCUT2D eigenvalue weighted by Crippen LogP contribution is 2.43. The second-order valence-electron chi connectivity index (χ2n) is 17.1. The minimum atomic E-state index is -4.34. The van der Waals surface area contributed by atoms with Crippen LogP contribution in [0.3, 0.4) is 0 Å². The summed E-state index contributed by atoms with van der Waals surface area (Å²) in [6.07, 6.45) is 9.48. The van der Waals surface area contributed by atoms with Crippen molar-refractivity contribution in [1.82, 2.24) is 19.6 Å². The molecular formula is C46H51Cl2N5O6S. The number of fused-ring (bicyclic) bond motifs is 1. The van der Waals surface area contributed by atoms with E-state index >= 15 is 0 Å². The number of aliphatic hydroxyl groups excluding tert-OH is 1. The summed E-state index contributed by atoms with van der Waals surface area (Å²) in [7, 11) is -4.34. The first-order chi connectivity index (χ1) is 28.8. The maximum Gasteiger partial charge on any atom is 0.268 e. The number of anilines is 1. The number of nitrogens with zero attached hydrogens (tertiary/aromatic N) is 3. The van der Waals surface area contributed by atoms with Gasteiger partial charge in [-0.05, 0) is 122 Å². The van der Waals surface area contributed by atoms with E-state index in [-0.39, 0.29) is 38.7 Å². The predicted octanol–water partition coefficient (Wildman–Crippen LogP) is 9.50. The number of nitrogens with one attached hydrogen (secondary N) is 2. The highest BCUT2D eigenvalue weighted by atomic mass is 35.5. The first-order valence-electron chi connectivity index (χ1n) is 20.7. The maximum absolute atomic E-state index is 13.9. The number of carbonyl (C=O) groups is 1. The van der Waals surface area contributed by atoms with Crippen molar-refractivity contribution in [3.05, 3.63) is 112 Å². The number of H-pyrrole nitrogens is 1. The maximum atomic E-state index is 13.9. The number of hydrogen-bond acceptors (Lipinski definition) is 9. The number of rotatable bonds is 12. The predicted molar refractivity (Wildman–Crippen MR) is 237 cm³/mol. The second-order valence-corrected chi connectivity index (χ2v) is 19.6. The topological polar surface area (TPSA) is 137 Å². The van der Waals surface area contributed by atoms with Crippen molar-refractivity contribution in [1.29, 1.82) is 0 Å². The Morgan fingerprint density at radius 3 is 2.47 bits per heavy atom. The zero-order chi connectivity index (χ0) is 42.0. The molecule has 3 N–H and O–H groups in total. The summed E-state index contributed by atoms with van der Waals surface area (Å²) in [6, 6.07) is 21.3. The molecular weight excluding hydrogens is 822 g/mol. The van der Waals surface area contributed by atoms with Crippen molar-refractivity contribution in [2.75, 3.05) is 44.2 Å². The number of pyridine rings is 1. The molecule has 11 nitrogen and oxygen atoms in total. The fourth-order valence-electron chi connectivity index (χ4n) is 8.50. The first-order valence-corrected chi connectivity index (χ1v) is 22.9. The Morgan fingerprint density at radius 1 is 0.950 bits per heavy atom. The van der Waals surface area contributed by atoms with Gasteiger partial charge in [0, 0.05) is 61.1 Å². The van der Waals surface area contributed by atoms with Crippen LogP contribution < -0.4 is 19.1 Å². The third kappa shape index (κ3) is 9.95. The van der Waals surface area contributed by atoms with Gasteiger partial charge in [0.2, 0.25) is 0 Å². The molecule has 1 saturated heterocycles. The molecule has 2 aliphatic carbocycles. The van der Waals surface area contributed by atoms with Gasteiger partial charge in [0.1, 0.15) is 22.9 Å². The lowest BCUT2D eigenvalue weighted by atomic mass is 9.72. The number of piperazine rings is 1. The first kappa shape index (κ1) is 42.1. The monoisotopic (exact) mass is 871 g/mol. The fourth-order valence-corrected chi connectivity index (χ4v) is 9.92. The highest BCUT2D eigenvalue weighted by molar-refractivity contribution is 7.90. The van der Waals surface area contributed by atoms with E-state index in [4.69, 9.17) is 32.7 Å². The number of aromatic nitrogens is 2. The number of ether oxygens (including phenoxy) is 2. The summed E-state index contributed by atoms with van der Waals surface area (Å²) in [5.41, 5.74) is 5.99. The van der Waals surface area contributed by atoms with Gasteiger partial charge in [0.05, 0.1) is 34.4 Å². The van der Waals surface area contributed by atoms with Gasteiger partial charge in [-0.1, -0.05) is 54.8 Å². The van der Waals surface area contributed by atoms with Crippen molar-refractivity contribution >= 4 is 61.4 Å². The summed E-state index contributed by atoms with van der Waals surface area (Å²) in [5, 5.41) is 11.5. The lowest BCUT2D eigenvalue weighted by Crippen LogP contribution is -2.47. The van der Waals surface area contributed by atoms with E-state index in [0.29, 0.717) is 23.8 Å². The molecule has 1 aliphatic heterocycles. The lowest BCUT2D eigenvalue weighted by molar-refractivity contribution is 0.0917. The molecule has 2 fully saturated rings. The normalized spacial score (nSPS) is 20.0. The van der Waals surface area contributed by atoms with Gasteiger partial charge in [-0.3, -0.25) is 9.69 Å². The Morgan fingerprint density at radius 2 is 1.72 bits per heavy atom. The smallest absolute Gasteiger partial charge is 0.268 e. The van der Waals surface area contributed by atoms with E-state index in [1.54, 1.807) is 24.5 Å². The van der Waals surface area contributed by atoms with Gasteiger partial charge in [-0.25, -0.2) is 18.1 Å². The zero-order valence-corrected chi connectivity index (χ0v) is 36.3. The van der Waals surface area contributed by atoms with Crippen molar-refractivity contribution in [2.24, 2.45) is 11.3 Å². The van der Waals surface area contributed by atoms with E-state index in [2.05, 4.69) is 50.5 Å². The van der Waals surface area contributed by atoms with Crippen molar-refractivity contribution < 1.29 is 27.8 Å². The Hall–Kier alpha value is -4.59. The summed E-state index contributed by atoms with van der Waals surface area (Å²) in [5.74, 6) is 0.374. The Bertz CT molecular complexity index is 2490. The molecule has 0 atom stereocenters. The zero-order valence-electron chi connectivity index (χ0n) is 33.9. The molecule has 1 amide bonds. The molecule has 2 aromatic heterocycles. The van der Waals surface area contributed by atoms with Crippen LogP contribution in [0.25, 0.3) is 16.6 Å². The van der Waals surface area contributed by atoms with Crippen LogP contribution in [0.15, 0.2) is 95.7 Å². The quantitative estimate of drug-likeness (QED) is 0.112. The number of hydrogen-bond donors (Lipinski definition) is 3. The molecule has 0 radical (unpaired) electrons. The number of benzene rings is 3. The average molecular weight is 873 g/mol. The van der Waals surface area contributed by atoms with Gasteiger partial charge in [-0.15, -0.1) is 0 Å². The molecule has 3 heterocycles. The average Bonchev–Trinajstić information content (AvgIpc) is 3.70. The molecule has 14 heteroatoms. The van der Waals surface area contributed by atoms with E-state index in [1.165, 1.54) is 34.9 Å². The van der Waals surface area contributed by atoms with Crippen LogP contribution in [0.1, 0.15) is 74.7 Å². The third-order valence-electron chi connectivity index (χ3n) is 12.1. The van der Waals surface area contributed by atoms with Gasteiger partial charge in [0.15, 0.2) is 0 Å². The van der Waals surface area contributed by atoms with Crippen LogP contribution in [0.5, 0.6) is 17.2 Å². The Balaban J connectivity index is 0.979. The molecule has 1 saturated carbocycles. The minimum absolute atomic E-state index is 0.0423. The van der Waals surface area contributed by atoms with Crippen LogP contribution in [-0.4, -0.2) is 79.7 Å². The van der Waals surface area contributed by atoms with Crippen molar-refractivity contribution in [3.63, 3.8) is 0 Å². The molecule has 60 heavy (non-hydrogen) atoms. The molecule has 3 aromatic carbocycles. The summed E-state index contributed by atoms with van der Waals surface area (Å²) < 4.78 is 41.7. The Labute approximate surface area is 361 Å². The summed E-state index contributed by atoms with van der Waals surface area (Å²) in [6.45, 7) is 9.23. The number of aromatic amines is 1. The van der Waals surface area contributed by atoms with Crippen LogP contribution >= 0.6 is 23.2 Å². The number of sulfonamides is 1. The standard InChI is InChI=1S/C46H51Cl2N5O6S/c1-46(2)17-15-33(40(26-46)31-5-7-34(47)8-6-31)28-52-19-21-53(22-20-52)35-9-13-39(43(24-35)59-37-23-32-16-18-49-44(32)50-27-37)45(55)51-60(56,57)38-12-14-42(41(48)25-38)58-29-30-3-10-36(54)11-4-30/h5-9,12-14,16,18,23-25,27,30,36,54H,3-4,10-11,15,17,19-22,26,28-29H2,1-2H3,(H,49,50)(H,51,55)/t30-,36-. The van der Waals surface area contributed by atoms with Gasteiger partial charge >= 0.3 is 0 Å². The molecule has 3 aliphatic rings. The third-order valence-corrected chi connectivity index (χ3v) is 14.0. The molecule has 0 unspecified atom stereocenters. The number of allylic oxidation sites excluding steroid dienone is 1. The molecule has 0 bridgehead atoms. The number of aliphatic hydroxyl groups is 1. The van der Waals surface area contributed by atoms with Gasteiger partial charge in [-0.2, -0.15) is 0 Å². The van der Waals surface area contributed by atoms with E-state index in [1.807, 2.05) is 30.3 Å². The van der Waals surface area contributed by atoms with Crippen LogP contribution in [0.4, 0.5) is 5.69 Å². The highest BCUT2D eigenvalue weighted by Gasteiger charge is 2.30. The Kier molecular flexibility index (Phi) is 12.5. The van der Waals surface area contributed by atoms with Crippen molar-refractivity contribution in [2.45, 2.75) is 69.8 Å². The fraction of sp³-hybridized carbons (Fsp3) is 0.391. The molecule has 316 valence electrons. The van der Waals surface area contributed by atoms with Crippen LogP contribution in [-0.2, 0) is 10.0 Å².